The van der Waals surface area contributed by atoms with E-state index in [1.807, 2.05) is 0 Å². The smallest absolute Gasteiger partial charge is 0.408 e. The second kappa shape index (κ2) is 7.17. The van der Waals surface area contributed by atoms with Gasteiger partial charge in [0, 0.05) is 6.07 Å². The minimum atomic E-state index is -1.37. The molecule has 1 amide bonds. The number of anilines is 1. The standard InChI is InChI=1S/C15H21FN2O5/c1-8(22-11-6-5-9(16)7-10(11)17)12(13(19)20)18-14(21)23-15(2,3)4/h5-8,12H,17H2,1-4H3,(H,18,21)(H,19,20)/t8?,12-/m1/s1. The Kier molecular flexibility index (Phi) is 5.78. The number of hydrogen-bond donors (Lipinski definition) is 3. The van der Waals surface area contributed by atoms with Crippen LogP contribution in [0, 0.1) is 5.82 Å². The number of rotatable bonds is 5. The van der Waals surface area contributed by atoms with Gasteiger partial charge in [-0.25, -0.2) is 14.0 Å². The normalized spacial score (nSPS) is 13.8. The number of alkyl carbamates (subject to hydrolysis) is 1. The second-order valence-electron chi connectivity index (χ2n) is 5.97. The highest BCUT2D eigenvalue weighted by atomic mass is 19.1. The number of nitrogens with one attached hydrogen (secondary N) is 1. The van der Waals surface area contributed by atoms with E-state index in [-0.39, 0.29) is 11.4 Å². The molecule has 0 saturated heterocycles. The zero-order chi connectivity index (χ0) is 17.8. The van der Waals surface area contributed by atoms with E-state index in [0.717, 1.165) is 12.1 Å². The molecule has 0 aromatic heterocycles. The van der Waals surface area contributed by atoms with Gasteiger partial charge in [0.25, 0.3) is 0 Å². The number of carboxylic acid groups (broad SMARTS) is 1. The molecule has 23 heavy (non-hydrogen) atoms. The SMILES string of the molecule is CC(Oc1ccc(F)cc1N)[C@@H](NC(=O)OC(C)(C)C)C(=O)O. The van der Waals surface area contributed by atoms with Crippen LogP contribution >= 0.6 is 0 Å². The third kappa shape index (κ3) is 6.01. The summed E-state index contributed by atoms with van der Waals surface area (Å²) in [6.45, 7) is 6.41. The van der Waals surface area contributed by atoms with Crippen molar-refractivity contribution < 1.29 is 28.6 Å². The number of halogens is 1. The lowest BCUT2D eigenvalue weighted by Crippen LogP contribution is -2.51. The maximum atomic E-state index is 13.0. The van der Waals surface area contributed by atoms with Gasteiger partial charge >= 0.3 is 12.1 Å². The molecule has 0 saturated carbocycles. The third-order valence-corrected chi connectivity index (χ3v) is 2.69. The molecular formula is C15H21FN2O5. The fourth-order valence-electron chi connectivity index (χ4n) is 1.71. The second-order valence-corrected chi connectivity index (χ2v) is 5.97. The molecule has 0 aliphatic heterocycles. The van der Waals surface area contributed by atoms with E-state index in [1.54, 1.807) is 20.8 Å². The number of carboxylic acids is 1. The van der Waals surface area contributed by atoms with Crippen molar-refractivity contribution in [2.75, 3.05) is 5.73 Å². The van der Waals surface area contributed by atoms with E-state index in [9.17, 15) is 19.1 Å². The van der Waals surface area contributed by atoms with Crippen LogP contribution in [0.5, 0.6) is 5.75 Å². The van der Waals surface area contributed by atoms with Crippen molar-refractivity contribution in [3.63, 3.8) is 0 Å². The summed E-state index contributed by atoms with van der Waals surface area (Å²) in [5.74, 6) is -1.72. The summed E-state index contributed by atoms with van der Waals surface area (Å²) in [6.07, 6.45) is -1.85. The molecule has 0 heterocycles. The van der Waals surface area contributed by atoms with Crippen LogP contribution in [-0.4, -0.2) is 34.9 Å². The highest BCUT2D eigenvalue weighted by Crippen LogP contribution is 2.23. The summed E-state index contributed by atoms with van der Waals surface area (Å²) in [7, 11) is 0. The molecule has 8 heteroatoms. The predicted octanol–water partition coefficient (Wildman–Crippen LogP) is 2.15. The summed E-state index contributed by atoms with van der Waals surface area (Å²) in [4.78, 5) is 23.0. The van der Waals surface area contributed by atoms with Crippen molar-refractivity contribution in [3.05, 3.63) is 24.0 Å². The molecule has 0 aliphatic rings. The summed E-state index contributed by atoms with van der Waals surface area (Å²) in [5, 5.41) is 11.5. The van der Waals surface area contributed by atoms with Gasteiger partial charge in [0.05, 0.1) is 5.69 Å². The fraction of sp³-hybridized carbons (Fsp3) is 0.467. The monoisotopic (exact) mass is 328 g/mol. The minimum absolute atomic E-state index is 0.0262. The summed E-state index contributed by atoms with van der Waals surface area (Å²) in [6, 6.07) is 2.11. The summed E-state index contributed by atoms with van der Waals surface area (Å²) < 4.78 is 23.4. The molecule has 2 atom stereocenters. The van der Waals surface area contributed by atoms with Gasteiger partial charge in [-0.2, -0.15) is 0 Å². The number of nitrogen functional groups attached to an aromatic ring is 1. The molecule has 1 aromatic carbocycles. The Labute approximate surface area is 133 Å². The summed E-state index contributed by atoms with van der Waals surface area (Å²) >= 11 is 0. The first kappa shape index (κ1) is 18.5. The molecule has 0 fully saturated rings. The van der Waals surface area contributed by atoms with Crippen LogP contribution in [0.1, 0.15) is 27.7 Å². The van der Waals surface area contributed by atoms with E-state index >= 15 is 0 Å². The van der Waals surface area contributed by atoms with Gasteiger partial charge in [-0.3, -0.25) is 0 Å². The quantitative estimate of drug-likeness (QED) is 0.714. The Morgan fingerprint density at radius 2 is 1.96 bits per heavy atom. The minimum Gasteiger partial charge on any atom is -0.486 e. The van der Waals surface area contributed by atoms with E-state index in [2.05, 4.69) is 5.32 Å². The lowest BCUT2D eigenvalue weighted by Gasteiger charge is -2.25. The summed E-state index contributed by atoms with van der Waals surface area (Å²) in [5.41, 5.74) is 4.87. The van der Waals surface area contributed by atoms with Gasteiger partial charge < -0.3 is 25.6 Å². The van der Waals surface area contributed by atoms with Gasteiger partial charge in [-0.15, -0.1) is 0 Å². The van der Waals surface area contributed by atoms with Crippen LogP contribution in [0.4, 0.5) is 14.9 Å². The number of benzene rings is 1. The first-order valence-electron chi connectivity index (χ1n) is 6.93. The van der Waals surface area contributed by atoms with Crippen molar-refractivity contribution in [3.8, 4) is 5.75 Å². The maximum Gasteiger partial charge on any atom is 0.408 e. The van der Waals surface area contributed by atoms with Crippen molar-refractivity contribution in [2.45, 2.75) is 45.4 Å². The van der Waals surface area contributed by atoms with Crippen LogP contribution in [-0.2, 0) is 9.53 Å². The van der Waals surface area contributed by atoms with Gasteiger partial charge in [0.2, 0.25) is 0 Å². The lowest BCUT2D eigenvalue weighted by atomic mass is 10.1. The Hall–Kier alpha value is -2.51. The third-order valence-electron chi connectivity index (χ3n) is 2.69. The van der Waals surface area contributed by atoms with Crippen molar-refractivity contribution in [1.82, 2.24) is 5.32 Å². The van der Waals surface area contributed by atoms with Gasteiger partial charge in [0.15, 0.2) is 6.04 Å². The van der Waals surface area contributed by atoms with E-state index < -0.39 is 35.6 Å². The highest BCUT2D eigenvalue weighted by Gasteiger charge is 2.30. The van der Waals surface area contributed by atoms with E-state index in [1.165, 1.54) is 13.0 Å². The molecule has 4 N–H and O–H groups in total. The van der Waals surface area contributed by atoms with Crippen molar-refractivity contribution in [1.29, 1.82) is 0 Å². The first-order valence-corrected chi connectivity index (χ1v) is 6.93. The molecule has 0 bridgehead atoms. The van der Waals surface area contributed by atoms with Gasteiger partial charge in [0.1, 0.15) is 23.3 Å². The first-order chi connectivity index (χ1) is 10.5. The number of ether oxygens (including phenoxy) is 2. The predicted molar refractivity (Wildman–Crippen MR) is 81.7 cm³/mol. The topological polar surface area (TPSA) is 111 Å². The molecule has 7 nitrogen and oxygen atoms in total. The average molecular weight is 328 g/mol. The average Bonchev–Trinajstić information content (AvgIpc) is 2.36. The van der Waals surface area contributed by atoms with Crippen LogP contribution in [0.3, 0.4) is 0 Å². The molecule has 128 valence electrons. The largest absolute Gasteiger partial charge is 0.486 e. The Morgan fingerprint density at radius 3 is 2.43 bits per heavy atom. The lowest BCUT2D eigenvalue weighted by molar-refractivity contribution is -0.141. The molecule has 1 aromatic rings. The zero-order valence-corrected chi connectivity index (χ0v) is 13.4. The Morgan fingerprint density at radius 1 is 1.35 bits per heavy atom. The van der Waals surface area contributed by atoms with E-state index in [0.29, 0.717) is 0 Å². The number of carbonyl (C=O) groups is 2. The van der Waals surface area contributed by atoms with Crippen molar-refractivity contribution in [2.24, 2.45) is 0 Å². The molecule has 0 aliphatic carbocycles. The number of nitrogens with two attached hydrogens (primary N) is 1. The number of aliphatic carboxylic acids is 1. The van der Waals surface area contributed by atoms with Crippen LogP contribution in [0.25, 0.3) is 0 Å². The molecule has 0 radical (unpaired) electrons. The Balaban J connectivity index is 2.80. The Bertz CT molecular complexity index is 586. The van der Waals surface area contributed by atoms with Crippen LogP contribution in [0.15, 0.2) is 18.2 Å². The highest BCUT2D eigenvalue weighted by molar-refractivity contribution is 5.80. The zero-order valence-electron chi connectivity index (χ0n) is 13.4. The number of hydrogen-bond acceptors (Lipinski definition) is 5. The number of amides is 1. The van der Waals surface area contributed by atoms with E-state index in [4.69, 9.17) is 15.2 Å². The maximum absolute atomic E-state index is 13.0. The van der Waals surface area contributed by atoms with Gasteiger partial charge in [-0.05, 0) is 39.8 Å². The number of carbonyl (C=O) groups excluding carboxylic acids is 1. The molecule has 1 unspecified atom stereocenters. The molecular weight excluding hydrogens is 307 g/mol. The van der Waals surface area contributed by atoms with Gasteiger partial charge in [-0.1, -0.05) is 0 Å². The molecule has 0 spiro atoms. The van der Waals surface area contributed by atoms with Crippen LogP contribution < -0.4 is 15.8 Å². The molecule has 1 rings (SSSR count). The van der Waals surface area contributed by atoms with Crippen LogP contribution in [0.2, 0.25) is 0 Å². The van der Waals surface area contributed by atoms with Crippen molar-refractivity contribution >= 4 is 17.7 Å². The fourth-order valence-corrected chi connectivity index (χ4v) is 1.71.